The number of aromatic nitrogens is 2. The fourth-order valence-electron chi connectivity index (χ4n) is 4.35. The number of hydrogen-bond acceptors (Lipinski definition) is 4. The number of aryl methyl sites for hydroxylation is 1. The Morgan fingerprint density at radius 1 is 1.00 bits per heavy atom. The van der Waals surface area contributed by atoms with Crippen molar-refractivity contribution >= 4 is 11.5 Å². The number of benzene rings is 3. The van der Waals surface area contributed by atoms with Gasteiger partial charge in [0.1, 0.15) is 5.82 Å². The number of non-ortho nitro benzene ring substituents is 1. The van der Waals surface area contributed by atoms with Crippen LogP contribution in [0.5, 0.6) is 0 Å². The Labute approximate surface area is 180 Å². The second-order valence-electron chi connectivity index (χ2n) is 7.78. The van der Waals surface area contributed by atoms with E-state index in [0.717, 1.165) is 35.7 Å². The molecule has 154 valence electrons. The summed E-state index contributed by atoms with van der Waals surface area (Å²) in [6.45, 7) is 2.78. The van der Waals surface area contributed by atoms with Crippen molar-refractivity contribution in [2.45, 2.75) is 19.3 Å². The molecule has 1 aliphatic heterocycles. The van der Waals surface area contributed by atoms with Crippen LogP contribution in [-0.2, 0) is 6.42 Å². The fraction of sp³-hybridized carbons (Fsp3) is 0.160. The zero-order valence-corrected chi connectivity index (χ0v) is 17.2. The van der Waals surface area contributed by atoms with Gasteiger partial charge in [-0.05, 0) is 30.0 Å². The summed E-state index contributed by atoms with van der Waals surface area (Å²) in [6, 6.07) is 25.7. The predicted octanol–water partition coefficient (Wildman–Crippen LogP) is 5.24. The van der Waals surface area contributed by atoms with E-state index < -0.39 is 0 Å². The number of nitro groups is 1. The lowest BCUT2D eigenvalue weighted by molar-refractivity contribution is -0.384. The molecule has 2 heterocycles. The van der Waals surface area contributed by atoms with Crippen molar-refractivity contribution in [1.29, 1.82) is 0 Å². The molecular weight excluding hydrogens is 388 g/mol. The molecule has 1 N–H and O–H groups in total. The zero-order valence-electron chi connectivity index (χ0n) is 17.2. The largest absolute Gasteiger partial charge is 0.369 e. The summed E-state index contributed by atoms with van der Waals surface area (Å²) in [7, 11) is 0. The number of fused-ring (bicyclic) bond motifs is 1. The van der Waals surface area contributed by atoms with E-state index in [1.54, 1.807) is 12.1 Å². The van der Waals surface area contributed by atoms with Crippen LogP contribution in [0.3, 0.4) is 0 Å². The molecule has 6 heteroatoms. The van der Waals surface area contributed by atoms with Gasteiger partial charge in [-0.3, -0.25) is 10.1 Å². The highest BCUT2D eigenvalue weighted by Gasteiger charge is 2.30. The molecule has 0 unspecified atom stereocenters. The zero-order chi connectivity index (χ0) is 21.4. The van der Waals surface area contributed by atoms with Crippen LogP contribution >= 0.6 is 0 Å². The summed E-state index contributed by atoms with van der Waals surface area (Å²) >= 11 is 0. The van der Waals surface area contributed by atoms with E-state index in [1.165, 1.54) is 22.8 Å². The van der Waals surface area contributed by atoms with Gasteiger partial charge in [0, 0.05) is 24.2 Å². The lowest BCUT2D eigenvalue weighted by Crippen LogP contribution is -2.10. The first-order chi connectivity index (χ1) is 15.1. The van der Waals surface area contributed by atoms with Crippen molar-refractivity contribution in [2.75, 3.05) is 11.9 Å². The van der Waals surface area contributed by atoms with E-state index in [-0.39, 0.29) is 16.5 Å². The predicted molar refractivity (Wildman–Crippen MR) is 121 cm³/mol. The third kappa shape index (κ3) is 3.36. The van der Waals surface area contributed by atoms with Crippen LogP contribution in [-0.4, -0.2) is 21.2 Å². The first-order valence-corrected chi connectivity index (χ1v) is 10.3. The van der Waals surface area contributed by atoms with Crippen LogP contribution < -0.4 is 5.32 Å². The summed E-state index contributed by atoms with van der Waals surface area (Å²) < 4.78 is 1.85. The smallest absolute Gasteiger partial charge is 0.271 e. The summed E-state index contributed by atoms with van der Waals surface area (Å²) in [6.07, 6.45) is 0.870. The van der Waals surface area contributed by atoms with Crippen molar-refractivity contribution in [2.24, 2.45) is 0 Å². The molecule has 0 atom stereocenters. The molecule has 0 saturated heterocycles. The summed E-state index contributed by atoms with van der Waals surface area (Å²) in [5.74, 6) is 0.909. The van der Waals surface area contributed by atoms with Crippen molar-refractivity contribution in [1.82, 2.24) is 9.78 Å². The third-order valence-corrected chi connectivity index (χ3v) is 5.85. The maximum absolute atomic E-state index is 11.4. The van der Waals surface area contributed by atoms with Crippen LogP contribution in [0.25, 0.3) is 5.69 Å². The van der Waals surface area contributed by atoms with Gasteiger partial charge in [0.05, 0.1) is 22.2 Å². The van der Waals surface area contributed by atoms with Gasteiger partial charge < -0.3 is 5.32 Å². The van der Waals surface area contributed by atoms with Gasteiger partial charge in [-0.2, -0.15) is 5.10 Å². The summed E-state index contributed by atoms with van der Waals surface area (Å²) in [4.78, 5) is 11.0. The number of hydrogen-bond donors (Lipinski definition) is 1. The third-order valence-electron chi connectivity index (χ3n) is 5.85. The lowest BCUT2D eigenvalue weighted by Gasteiger charge is -2.17. The molecule has 0 fully saturated rings. The number of nitro benzene ring substituents is 1. The van der Waals surface area contributed by atoms with Gasteiger partial charge in [-0.1, -0.05) is 66.7 Å². The molecule has 4 aromatic rings. The molecule has 31 heavy (non-hydrogen) atoms. The normalized spacial score (nSPS) is 12.6. The maximum Gasteiger partial charge on any atom is 0.271 e. The van der Waals surface area contributed by atoms with Crippen LogP contribution in [0.2, 0.25) is 0 Å². The number of nitrogens with one attached hydrogen (secondary N) is 1. The van der Waals surface area contributed by atoms with E-state index in [2.05, 4.69) is 29.6 Å². The lowest BCUT2D eigenvalue weighted by atomic mass is 9.86. The van der Waals surface area contributed by atoms with Crippen LogP contribution in [0.4, 0.5) is 11.5 Å². The molecule has 0 saturated carbocycles. The van der Waals surface area contributed by atoms with Crippen LogP contribution in [0.15, 0.2) is 78.9 Å². The van der Waals surface area contributed by atoms with Gasteiger partial charge in [0.25, 0.3) is 5.69 Å². The number of anilines is 1. The summed E-state index contributed by atoms with van der Waals surface area (Å²) in [5.41, 5.74) is 6.23. The molecule has 0 aliphatic carbocycles. The minimum absolute atomic E-state index is 0.0173. The highest BCUT2D eigenvalue weighted by atomic mass is 16.6. The van der Waals surface area contributed by atoms with Gasteiger partial charge in [-0.25, -0.2) is 4.68 Å². The molecule has 0 amide bonds. The Bertz CT molecular complexity index is 1210. The minimum atomic E-state index is -0.363. The fourth-order valence-corrected chi connectivity index (χ4v) is 4.35. The quantitative estimate of drug-likeness (QED) is 0.361. The second kappa shape index (κ2) is 7.72. The second-order valence-corrected chi connectivity index (χ2v) is 7.78. The van der Waals surface area contributed by atoms with Crippen molar-refractivity contribution in [3.8, 4) is 5.69 Å². The Kier molecular flexibility index (Phi) is 4.75. The van der Waals surface area contributed by atoms with Crippen LogP contribution in [0.1, 0.15) is 33.9 Å². The van der Waals surface area contributed by atoms with Gasteiger partial charge in [0.15, 0.2) is 0 Å². The average Bonchev–Trinajstić information content (AvgIpc) is 3.40. The Morgan fingerprint density at radius 2 is 1.65 bits per heavy atom. The number of nitrogens with zero attached hydrogens (tertiary/aromatic N) is 3. The molecule has 1 aromatic heterocycles. The van der Waals surface area contributed by atoms with Crippen molar-refractivity contribution < 1.29 is 4.92 Å². The standard InChI is InChI=1S/C25H22N4O2/c1-17-12-13-20(29(30)31)16-22(17)28-25-21(14-15-26-25)24(27-28)23(18-8-4-2-5-9-18)19-10-6-3-7-11-19/h2-13,16,23,26H,14-15H2,1H3. The highest BCUT2D eigenvalue weighted by molar-refractivity contribution is 5.62. The monoisotopic (exact) mass is 410 g/mol. The topological polar surface area (TPSA) is 73.0 Å². The molecule has 1 aliphatic rings. The van der Waals surface area contributed by atoms with Crippen LogP contribution in [0, 0.1) is 17.0 Å². The van der Waals surface area contributed by atoms with E-state index in [9.17, 15) is 10.1 Å². The molecule has 0 bridgehead atoms. The molecule has 6 nitrogen and oxygen atoms in total. The van der Waals surface area contributed by atoms with Gasteiger partial charge in [0.2, 0.25) is 0 Å². The average molecular weight is 410 g/mol. The molecule has 3 aromatic carbocycles. The molecular formula is C25H22N4O2. The summed E-state index contributed by atoms with van der Waals surface area (Å²) in [5, 5.41) is 19.9. The van der Waals surface area contributed by atoms with E-state index >= 15 is 0 Å². The molecule has 0 spiro atoms. The van der Waals surface area contributed by atoms with Crippen molar-refractivity contribution in [3.63, 3.8) is 0 Å². The van der Waals surface area contributed by atoms with Gasteiger partial charge >= 0.3 is 0 Å². The van der Waals surface area contributed by atoms with E-state index in [1.807, 2.05) is 48.0 Å². The first kappa shape index (κ1) is 19.1. The SMILES string of the molecule is Cc1ccc([N+](=O)[O-])cc1-n1nc(C(c2ccccc2)c2ccccc2)c2c1NCC2. The molecule has 0 radical (unpaired) electrons. The van der Waals surface area contributed by atoms with Gasteiger partial charge in [-0.15, -0.1) is 0 Å². The van der Waals surface area contributed by atoms with Crippen molar-refractivity contribution in [3.05, 3.63) is 117 Å². The Balaban J connectivity index is 1.72. The Hall–Kier alpha value is -3.93. The molecule has 5 rings (SSSR count). The first-order valence-electron chi connectivity index (χ1n) is 10.3. The number of rotatable bonds is 5. The highest BCUT2D eigenvalue weighted by Crippen LogP contribution is 2.39. The Morgan fingerprint density at radius 3 is 2.26 bits per heavy atom. The minimum Gasteiger partial charge on any atom is -0.369 e. The van der Waals surface area contributed by atoms with E-state index in [4.69, 9.17) is 5.10 Å². The maximum atomic E-state index is 11.4. The van der Waals surface area contributed by atoms with E-state index in [0.29, 0.717) is 0 Å².